The molecular weight excluding hydrogens is 278 g/mol. The summed E-state index contributed by atoms with van der Waals surface area (Å²) in [6.45, 7) is 2.98. The van der Waals surface area contributed by atoms with E-state index in [0.29, 0.717) is 46.9 Å². The molecule has 5 heteroatoms. The zero-order valence-electron chi connectivity index (χ0n) is 11.0. The fraction of sp³-hybridized carbons (Fsp3) is 0.200. The lowest BCUT2D eigenvalue weighted by Gasteiger charge is -2.20. The van der Waals surface area contributed by atoms with E-state index in [1.54, 1.807) is 18.2 Å². The van der Waals surface area contributed by atoms with Gasteiger partial charge in [-0.25, -0.2) is 0 Å². The van der Waals surface area contributed by atoms with Crippen LogP contribution in [0.4, 0.5) is 5.69 Å². The third kappa shape index (κ3) is 2.47. The number of benzene rings is 2. The maximum absolute atomic E-state index is 5.99. The Kier molecular flexibility index (Phi) is 3.32. The van der Waals surface area contributed by atoms with Crippen molar-refractivity contribution in [3.63, 3.8) is 0 Å². The van der Waals surface area contributed by atoms with Crippen LogP contribution in [-0.2, 0) is 0 Å². The van der Waals surface area contributed by atoms with Gasteiger partial charge < -0.3 is 19.9 Å². The number of aryl methyl sites for hydroxylation is 1. The van der Waals surface area contributed by atoms with Gasteiger partial charge in [-0.15, -0.1) is 0 Å². The first-order valence-corrected chi connectivity index (χ1v) is 6.64. The summed E-state index contributed by atoms with van der Waals surface area (Å²) in [5, 5.41) is 0.671. The molecule has 0 fully saturated rings. The van der Waals surface area contributed by atoms with E-state index in [4.69, 9.17) is 31.5 Å². The van der Waals surface area contributed by atoms with Crippen LogP contribution in [0.25, 0.3) is 0 Å². The van der Waals surface area contributed by atoms with Gasteiger partial charge in [-0.2, -0.15) is 0 Å². The van der Waals surface area contributed by atoms with Crippen LogP contribution < -0.4 is 19.9 Å². The number of hydrogen-bond donors (Lipinski definition) is 1. The highest BCUT2D eigenvalue weighted by Crippen LogP contribution is 2.40. The van der Waals surface area contributed by atoms with Gasteiger partial charge in [-0.3, -0.25) is 0 Å². The average Bonchev–Trinajstić information content (AvgIpc) is 2.42. The van der Waals surface area contributed by atoms with Crippen LogP contribution in [0.15, 0.2) is 30.3 Å². The van der Waals surface area contributed by atoms with Gasteiger partial charge in [0.2, 0.25) is 0 Å². The fourth-order valence-corrected chi connectivity index (χ4v) is 2.25. The molecule has 3 rings (SSSR count). The Bertz CT molecular complexity index is 658. The molecule has 0 aromatic heterocycles. The average molecular weight is 292 g/mol. The molecule has 0 radical (unpaired) electrons. The van der Waals surface area contributed by atoms with Crippen molar-refractivity contribution in [1.82, 2.24) is 0 Å². The normalized spacial score (nSPS) is 13.1. The van der Waals surface area contributed by atoms with E-state index >= 15 is 0 Å². The van der Waals surface area contributed by atoms with Gasteiger partial charge in [-0.1, -0.05) is 11.6 Å². The lowest BCUT2D eigenvalue weighted by Crippen LogP contribution is -2.15. The highest BCUT2D eigenvalue weighted by molar-refractivity contribution is 6.30. The number of halogens is 1. The molecule has 20 heavy (non-hydrogen) atoms. The van der Waals surface area contributed by atoms with Gasteiger partial charge in [-0.05, 0) is 30.7 Å². The van der Waals surface area contributed by atoms with E-state index < -0.39 is 0 Å². The lowest BCUT2D eigenvalue weighted by atomic mass is 10.2. The van der Waals surface area contributed by atoms with Crippen LogP contribution in [0.2, 0.25) is 5.02 Å². The van der Waals surface area contributed by atoms with Crippen LogP contribution >= 0.6 is 11.6 Å². The monoisotopic (exact) mass is 291 g/mol. The Morgan fingerprint density at radius 3 is 2.45 bits per heavy atom. The Morgan fingerprint density at radius 1 is 1.05 bits per heavy atom. The van der Waals surface area contributed by atoms with Crippen LogP contribution in [0.1, 0.15) is 5.56 Å². The van der Waals surface area contributed by atoms with Gasteiger partial charge in [0.25, 0.3) is 0 Å². The molecule has 1 heterocycles. The summed E-state index contributed by atoms with van der Waals surface area (Å²) in [7, 11) is 0. The molecule has 1 aliphatic rings. The predicted octanol–water partition coefficient (Wildman–Crippen LogP) is 3.79. The van der Waals surface area contributed by atoms with E-state index in [-0.39, 0.29) is 0 Å². The Hall–Kier alpha value is -2.07. The number of hydrogen-bond acceptors (Lipinski definition) is 4. The van der Waals surface area contributed by atoms with Crippen molar-refractivity contribution in [2.45, 2.75) is 6.92 Å². The van der Waals surface area contributed by atoms with Crippen molar-refractivity contribution in [1.29, 1.82) is 0 Å². The van der Waals surface area contributed by atoms with Crippen molar-refractivity contribution in [3.05, 3.63) is 40.9 Å². The molecule has 0 aliphatic carbocycles. The maximum atomic E-state index is 5.99. The molecule has 4 nitrogen and oxygen atoms in total. The van der Waals surface area contributed by atoms with Gasteiger partial charge in [0.05, 0.1) is 5.69 Å². The second-order valence-corrected chi connectivity index (χ2v) is 4.98. The number of ether oxygens (including phenoxy) is 3. The second kappa shape index (κ2) is 5.13. The molecule has 0 saturated heterocycles. The highest BCUT2D eigenvalue weighted by Gasteiger charge is 2.16. The van der Waals surface area contributed by atoms with Gasteiger partial charge in [0, 0.05) is 17.2 Å². The molecule has 0 amide bonds. The molecule has 2 aromatic carbocycles. The zero-order chi connectivity index (χ0) is 14.1. The Morgan fingerprint density at radius 2 is 1.75 bits per heavy atom. The van der Waals surface area contributed by atoms with Crippen LogP contribution in [0.3, 0.4) is 0 Å². The smallest absolute Gasteiger partial charge is 0.165 e. The molecule has 1 aliphatic heterocycles. The number of rotatable bonds is 2. The summed E-state index contributed by atoms with van der Waals surface area (Å²) < 4.78 is 16.8. The Balaban J connectivity index is 1.94. The summed E-state index contributed by atoms with van der Waals surface area (Å²) in [4.78, 5) is 0. The minimum absolute atomic E-state index is 0.503. The standard InChI is InChI=1S/C15H14ClNO3/c1-9-6-10(16)2-3-12(9)20-13-8-15-14(7-11(13)17)18-4-5-19-15/h2-3,6-8H,4-5,17H2,1H3. The Labute approximate surface area is 122 Å². The molecule has 0 atom stereocenters. The number of anilines is 1. The summed E-state index contributed by atoms with van der Waals surface area (Å²) in [6.07, 6.45) is 0. The SMILES string of the molecule is Cc1cc(Cl)ccc1Oc1cc2c(cc1N)OCCO2. The molecule has 0 bridgehead atoms. The lowest BCUT2D eigenvalue weighted by molar-refractivity contribution is 0.171. The quantitative estimate of drug-likeness (QED) is 0.855. The van der Waals surface area contributed by atoms with Crippen molar-refractivity contribution in [2.75, 3.05) is 18.9 Å². The van der Waals surface area contributed by atoms with Gasteiger partial charge in [0.15, 0.2) is 17.2 Å². The minimum Gasteiger partial charge on any atom is -0.486 e. The number of nitrogens with two attached hydrogens (primary N) is 1. The summed E-state index contributed by atoms with van der Waals surface area (Å²) in [5.74, 6) is 2.54. The number of nitrogen functional groups attached to an aromatic ring is 1. The van der Waals surface area contributed by atoms with Crippen molar-refractivity contribution in [2.24, 2.45) is 0 Å². The van der Waals surface area contributed by atoms with Crippen LogP contribution in [-0.4, -0.2) is 13.2 Å². The first-order valence-electron chi connectivity index (χ1n) is 6.26. The zero-order valence-corrected chi connectivity index (χ0v) is 11.7. The fourth-order valence-electron chi connectivity index (χ4n) is 2.02. The summed E-state index contributed by atoms with van der Waals surface area (Å²) >= 11 is 5.93. The molecule has 0 unspecified atom stereocenters. The third-order valence-corrected chi connectivity index (χ3v) is 3.27. The number of fused-ring (bicyclic) bond motifs is 1. The molecule has 0 spiro atoms. The topological polar surface area (TPSA) is 53.7 Å². The summed E-state index contributed by atoms with van der Waals surface area (Å²) in [6, 6.07) is 8.89. The van der Waals surface area contributed by atoms with E-state index in [9.17, 15) is 0 Å². The third-order valence-electron chi connectivity index (χ3n) is 3.03. The molecule has 2 N–H and O–H groups in total. The molecule has 2 aromatic rings. The van der Waals surface area contributed by atoms with E-state index in [0.717, 1.165) is 5.56 Å². The second-order valence-electron chi connectivity index (χ2n) is 4.55. The maximum Gasteiger partial charge on any atom is 0.165 e. The van der Waals surface area contributed by atoms with E-state index in [1.807, 2.05) is 19.1 Å². The van der Waals surface area contributed by atoms with Gasteiger partial charge in [0.1, 0.15) is 19.0 Å². The predicted molar refractivity (Wildman–Crippen MR) is 78.1 cm³/mol. The van der Waals surface area contributed by atoms with Crippen LogP contribution in [0, 0.1) is 6.92 Å². The van der Waals surface area contributed by atoms with E-state index in [2.05, 4.69) is 0 Å². The van der Waals surface area contributed by atoms with E-state index in [1.165, 1.54) is 0 Å². The molecular formula is C15H14ClNO3. The van der Waals surface area contributed by atoms with Crippen molar-refractivity contribution < 1.29 is 14.2 Å². The first-order chi connectivity index (χ1) is 9.63. The molecule has 0 saturated carbocycles. The molecule has 104 valence electrons. The van der Waals surface area contributed by atoms with Crippen molar-refractivity contribution >= 4 is 17.3 Å². The van der Waals surface area contributed by atoms with Crippen LogP contribution in [0.5, 0.6) is 23.0 Å². The summed E-state index contributed by atoms with van der Waals surface area (Å²) in [5.41, 5.74) is 7.43. The minimum atomic E-state index is 0.503. The van der Waals surface area contributed by atoms with Crippen molar-refractivity contribution in [3.8, 4) is 23.0 Å². The highest BCUT2D eigenvalue weighted by atomic mass is 35.5. The first kappa shape index (κ1) is 12.9. The largest absolute Gasteiger partial charge is 0.486 e. The van der Waals surface area contributed by atoms with Gasteiger partial charge >= 0.3 is 0 Å².